The van der Waals surface area contributed by atoms with Gasteiger partial charge in [-0.05, 0) is 19.1 Å². The lowest BCUT2D eigenvalue weighted by Gasteiger charge is -1.91. The minimum Gasteiger partial charge on any atom is -0.255 e. The predicted octanol–water partition coefficient (Wildman–Crippen LogP) is 2.51. The van der Waals surface area contributed by atoms with E-state index in [4.69, 9.17) is 0 Å². The lowest BCUT2D eigenvalue weighted by atomic mass is 10.3. The molecule has 0 amide bonds. The van der Waals surface area contributed by atoms with Crippen LogP contribution < -0.4 is 0 Å². The van der Waals surface area contributed by atoms with E-state index in [9.17, 15) is 0 Å². The second-order valence-corrected chi connectivity index (χ2v) is 3.69. The zero-order valence-electron chi connectivity index (χ0n) is 6.69. The molecule has 2 rings (SSSR count). The third kappa shape index (κ3) is 1.36. The number of aromatic nitrogens is 2. The number of hydrogen-bond acceptors (Lipinski definition) is 3. The molecule has 0 atom stereocenters. The van der Waals surface area contributed by atoms with Crippen LogP contribution in [0.4, 0.5) is 0 Å². The lowest BCUT2D eigenvalue weighted by Crippen LogP contribution is -1.75. The molecule has 12 heavy (non-hydrogen) atoms. The van der Waals surface area contributed by atoms with E-state index in [1.165, 1.54) is 0 Å². The average molecular weight is 176 g/mol. The highest BCUT2D eigenvalue weighted by atomic mass is 32.1. The summed E-state index contributed by atoms with van der Waals surface area (Å²) >= 11 is 1.67. The Kier molecular flexibility index (Phi) is 1.87. The molecule has 0 radical (unpaired) electrons. The van der Waals surface area contributed by atoms with E-state index in [-0.39, 0.29) is 0 Å². The first-order valence-corrected chi connectivity index (χ1v) is 4.52. The van der Waals surface area contributed by atoms with Crippen LogP contribution in [0, 0.1) is 6.92 Å². The Labute approximate surface area is 74.9 Å². The summed E-state index contributed by atoms with van der Waals surface area (Å²) in [5, 5.41) is 1.08. The summed E-state index contributed by atoms with van der Waals surface area (Å²) in [7, 11) is 0. The molecule has 0 unspecified atom stereocenters. The molecule has 0 bridgehead atoms. The lowest BCUT2D eigenvalue weighted by molar-refractivity contribution is 1.29. The minimum absolute atomic E-state index is 1.00. The van der Waals surface area contributed by atoms with Gasteiger partial charge in [0.15, 0.2) is 0 Å². The fourth-order valence-corrected chi connectivity index (χ4v) is 1.74. The average Bonchev–Trinajstić information content (AvgIpc) is 2.54. The van der Waals surface area contributed by atoms with Crippen molar-refractivity contribution in [2.24, 2.45) is 0 Å². The quantitative estimate of drug-likeness (QED) is 0.667. The van der Waals surface area contributed by atoms with Gasteiger partial charge in [-0.3, -0.25) is 4.98 Å². The predicted molar refractivity (Wildman–Crippen MR) is 50.1 cm³/mol. The van der Waals surface area contributed by atoms with Gasteiger partial charge in [0.25, 0.3) is 0 Å². The minimum atomic E-state index is 1.00. The molecule has 60 valence electrons. The molecular formula is C9H8N2S. The van der Waals surface area contributed by atoms with Crippen LogP contribution in [0.15, 0.2) is 30.6 Å². The van der Waals surface area contributed by atoms with Gasteiger partial charge in [-0.15, -0.1) is 11.3 Å². The monoisotopic (exact) mass is 176 g/mol. The van der Waals surface area contributed by atoms with Crippen molar-refractivity contribution in [3.05, 3.63) is 35.6 Å². The largest absolute Gasteiger partial charge is 0.255 e. The van der Waals surface area contributed by atoms with Crippen LogP contribution in [0.1, 0.15) is 5.01 Å². The van der Waals surface area contributed by atoms with E-state index in [2.05, 4.69) is 9.97 Å². The number of aryl methyl sites for hydroxylation is 1. The Morgan fingerprint density at radius 2 is 2.17 bits per heavy atom. The number of rotatable bonds is 1. The molecule has 0 spiro atoms. The topological polar surface area (TPSA) is 25.8 Å². The summed E-state index contributed by atoms with van der Waals surface area (Å²) in [6, 6.07) is 5.89. The summed E-state index contributed by atoms with van der Waals surface area (Å²) in [5.74, 6) is 0. The number of hydrogen-bond donors (Lipinski definition) is 0. The SMILES string of the molecule is Cc1ncc(-c2ccccn2)s1. The van der Waals surface area contributed by atoms with Crippen LogP contribution in [0.2, 0.25) is 0 Å². The van der Waals surface area contributed by atoms with Crippen molar-refractivity contribution in [3.63, 3.8) is 0 Å². The molecule has 0 aliphatic heterocycles. The maximum Gasteiger partial charge on any atom is 0.0901 e. The molecule has 0 aromatic carbocycles. The van der Waals surface area contributed by atoms with Crippen LogP contribution in [0.25, 0.3) is 10.6 Å². The first-order chi connectivity index (χ1) is 5.86. The van der Waals surface area contributed by atoms with E-state index in [1.54, 1.807) is 17.5 Å². The maximum absolute atomic E-state index is 4.23. The van der Waals surface area contributed by atoms with E-state index >= 15 is 0 Å². The van der Waals surface area contributed by atoms with E-state index in [0.29, 0.717) is 0 Å². The summed E-state index contributed by atoms with van der Waals surface area (Å²) in [6.07, 6.45) is 3.66. The van der Waals surface area contributed by atoms with Crippen LogP contribution in [0.5, 0.6) is 0 Å². The van der Waals surface area contributed by atoms with Gasteiger partial charge in [0.2, 0.25) is 0 Å². The first-order valence-electron chi connectivity index (χ1n) is 3.70. The Morgan fingerprint density at radius 1 is 1.25 bits per heavy atom. The van der Waals surface area contributed by atoms with Crippen molar-refractivity contribution in [1.82, 2.24) is 9.97 Å². The fraction of sp³-hybridized carbons (Fsp3) is 0.111. The summed E-state index contributed by atoms with van der Waals surface area (Å²) < 4.78 is 0. The second-order valence-electron chi connectivity index (χ2n) is 2.46. The van der Waals surface area contributed by atoms with Gasteiger partial charge >= 0.3 is 0 Å². The molecule has 2 heterocycles. The molecule has 2 aromatic rings. The number of nitrogens with zero attached hydrogens (tertiary/aromatic N) is 2. The Hall–Kier alpha value is -1.22. The second kappa shape index (κ2) is 3.03. The summed E-state index contributed by atoms with van der Waals surface area (Å²) in [4.78, 5) is 9.54. The van der Waals surface area contributed by atoms with Crippen molar-refractivity contribution in [1.29, 1.82) is 0 Å². The van der Waals surface area contributed by atoms with Crippen molar-refractivity contribution in [2.75, 3.05) is 0 Å². The standard InChI is InChI=1S/C9H8N2S/c1-7-11-6-9(12-7)8-4-2-3-5-10-8/h2-6H,1H3. The zero-order valence-corrected chi connectivity index (χ0v) is 7.51. The highest BCUT2D eigenvalue weighted by Gasteiger charge is 2.00. The number of pyridine rings is 1. The van der Waals surface area contributed by atoms with Gasteiger partial charge in [0, 0.05) is 12.4 Å². The van der Waals surface area contributed by atoms with Gasteiger partial charge in [-0.2, -0.15) is 0 Å². The van der Waals surface area contributed by atoms with Crippen molar-refractivity contribution in [2.45, 2.75) is 6.92 Å². The van der Waals surface area contributed by atoms with Crippen LogP contribution in [-0.2, 0) is 0 Å². The highest BCUT2D eigenvalue weighted by molar-refractivity contribution is 7.15. The molecular weight excluding hydrogens is 168 g/mol. The Morgan fingerprint density at radius 3 is 2.75 bits per heavy atom. The van der Waals surface area contributed by atoms with Crippen molar-refractivity contribution in [3.8, 4) is 10.6 Å². The Balaban J connectivity index is 2.45. The summed E-state index contributed by atoms with van der Waals surface area (Å²) in [6.45, 7) is 2.00. The molecule has 0 saturated heterocycles. The molecule has 0 fully saturated rings. The fourth-order valence-electron chi connectivity index (χ4n) is 0.988. The van der Waals surface area contributed by atoms with Crippen molar-refractivity contribution < 1.29 is 0 Å². The van der Waals surface area contributed by atoms with Gasteiger partial charge in [-0.1, -0.05) is 6.07 Å². The maximum atomic E-state index is 4.23. The molecule has 2 aromatic heterocycles. The first kappa shape index (κ1) is 7.43. The zero-order chi connectivity index (χ0) is 8.39. The number of thiazole rings is 1. The van der Waals surface area contributed by atoms with E-state index < -0.39 is 0 Å². The Bertz CT molecular complexity index is 367. The highest BCUT2D eigenvalue weighted by Crippen LogP contribution is 2.22. The molecule has 0 N–H and O–H groups in total. The molecule has 0 aliphatic rings. The van der Waals surface area contributed by atoms with Gasteiger partial charge in [0.05, 0.1) is 15.6 Å². The molecule has 0 saturated carbocycles. The van der Waals surface area contributed by atoms with Crippen LogP contribution >= 0.6 is 11.3 Å². The van der Waals surface area contributed by atoms with Crippen LogP contribution in [-0.4, -0.2) is 9.97 Å². The third-order valence-electron chi connectivity index (χ3n) is 1.54. The molecule has 0 aliphatic carbocycles. The molecule has 3 heteroatoms. The van der Waals surface area contributed by atoms with E-state index in [0.717, 1.165) is 15.6 Å². The normalized spacial score (nSPS) is 10.1. The van der Waals surface area contributed by atoms with Gasteiger partial charge in [0.1, 0.15) is 0 Å². The van der Waals surface area contributed by atoms with E-state index in [1.807, 2.05) is 31.3 Å². The third-order valence-corrected chi connectivity index (χ3v) is 2.47. The smallest absolute Gasteiger partial charge is 0.0901 e. The van der Waals surface area contributed by atoms with Crippen molar-refractivity contribution >= 4 is 11.3 Å². The summed E-state index contributed by atoms with van der Waals surface area (Å²) in [5.41, 5.74) is 1.00. The van der Waals surface area contributed by atoms with Gasteiger partial charge < -0.3 is 0 Å². The molecule has 2 nitrogen and oxygen atoms in total. The van der Waals surface area contributed by atoms with Gasteiger partial charge in [-0.25, -0.2) is 4.98 Å². The van der Waals surface area contributed by atoms with Crippen LogP contribution in [0.3, 0.4) is 0 Å².